The van der Waals surface area contributed by atoms with E-state index in [1.807, 2.05) is 6.07 Å². The lowest BCUT2D eigenvalue weighted by atomic mass is 10.2. The molecule has 2 N–H and O–H groups in total. The van der Waals surface area contributed by atoms with E-state index in [1.54, 1.807) is 29.7 Å². The van der Waals surface area contributed by atoms with Crippen LogP contribution in [-0.2, 0) is 0 Å². The van der Waals surface area contributed by atoms with Gasteiger partial charge >= 0.3 is 0 Å². The normalized spacial score (nSPS) is 14.7. The number of hydrogen-bond acceptors (Lipinski definition) is 5. The molecule has 0 saturated heterocycles. The second-order valence-corrected chi connectivity index (χ2v) is 3.53. The van der Waals surface area contributed by atoms with Crippen molar-refractivity contribution in [2.45, 2.75) is 0 Å². The van der Waals surface area contributed by atoms with Gasteiger partial charge in [0.15, 0.2) is 5.84 Å². The molecule has 0 saturated carbocycles. The number of hydrazine groups is 1. The zero-order valence-electron chi connectivity index (χ0n) is 9.42. The maximum atomic E-state index is 13.1. The molecule has 0 aliphatic carbocycles. The van der Waals surface area contributed by atoms with E-state index in [1.165, 1.54) is 4.90 Å². The van der Waals surface area contributed by atoms with E-state index < -0.39 is 5.95 Å². The molecule has 0 atom stereocenters. The minimum atomic E-state index is -0.860. The molecule has 5 nitrogen and oxygen atoms in total. The zero-order chi connectivity index (χ0) is 13.0. The van der Waals surface area contributed by atoms with Crippen molar-refractivity contribution in [1.82, 2.24) is 10.8 Å². The summed E-state index contributed by atoms with van der Waals surface area (Å²) >= 11 is 0. The molecular weight excluding hydrogens is 242 g/mol. The minimum absolute atomic E-state index is 0.0639. The van der Waals surface area contributed by atoms with Crippen LogP contribution >= 0.6 is 0 Å². The third-order valence-corrected chi connectivity index (χ3v) is 2.31. The Bertz CT molecular complexity index is 463. The number of amidine groups is 1. The average molecular weight is 254 g/mol. The number of aliphatic hydroxyl groups excluding tert-OH is 1. The van der Waals surface area contributed by atoms with Gasteiger partial charge in [0.05, 0.1) is 6.61 Å². The van der Waals surface area contributed by atoms with Gasteiger partial charge in [0.2, 0.25) is 5.95 Å². The molecule has 0 fully saturated rings. The van der Waals surface area contributed by atoms with Crippen molar-refractivity contribution in [3.63, 3.8) is 0 Å². The lowest BCUT2D eigenvalue weighted by molar-refractivity contribution is -0.0277. The number of hydrogen-bond donors (Lipinski definition) is 2. The second-order valence-electron chi connectivity index (χ2n) is 3.53. The van der Waals surface area contributed by atoms with Gasteiger partial charge in [0.25, 0.3) is 0 Å². The van der Waals surface area contributed by atoms with Gasteiger partial charge in [-0.1, -0.05) is 22.7 Å². The second kappa shape index (κ2) is 5.46. The van der Waals surface area contributed by atoms with E-state index in [4.69, 9.17) is 5.11 Å². The van der Waals surface area contributed by atoms with Crippen molar-refractivity contribution in [3.8, 4) is 0 Å². The highest BCUT2D eigenvalue weighted by molar-refractivity contribution is 6.06. The summed E-state index contributed by atoms with van der Waals surface area (Å²) < 4.78 is 26.1. The zero-order valence-corrected chi connectivity index (χ0v) is 9.42. The monoisotopic (exact) mass is 254 g/mol. The number of nitrogens with zero attached hydrogens (tertiary/aromatic N) is 3. The number of hydrazone groups is 1. The minimum Gasteiger partial charge on any atom is -0.395 e. The predicted molar refractivity (Wildman–Crippen MR) is 63.6 cm³/mol. The summed E-state index contributed by atoms with van der Waals surface area (Å²) in [7, 11) is 0. The first kappa shape index (κ1) is 12.3. The third kappa shape index (κ3) is 2.75. The first-order valence-corrected chi connectivity index (χ1v) is 5.32. The van der Waals surface area contributed by atoms with Crippen LogP contribution in [0, 0.1) is 0 Å². The molecule has 96 valence electrons. The molecule has 1 aromatic carbocycles. The molecular formula is C11H12F2N4O. The van der Waals surface area contributed by atoms with Crippen LogP contribution in [0.15, 0.2) is 47.5 Å². The number of halogens is 2. The van der Waals surface area contributed by atoms with Gasteiger partial charge in [0, 0.05) is 18.3 Å². The van der Waals surface area contributed by atoms with Crippen molar-refractivity contribution in [1.29, 1.82) is 0 Å². The molecule has 0 amide bonds. The number of anilines is 1. The highest BCUT2D eigenvalue weighted by Gasteiger charge is 2.18. The standard InChI is InChI=1S/C11H12F2N4O/c12-10-8-11(15-17(13)14-10)16(6-7-18)9-4-2-1-3-5-9/h1-5,8,14,18H,6-7H2. The molecule has 1 aromatic rings. The lowest BCUT2D eigenvalue weighted by Crippen LogP contribution is -2.39. The van der Waals surface area contributed by atoms with Crippen LogP contribution in [0.25, 0.3) is 0 Å². The summed E-state index contributed by atoms with van der Waals surface area (Å²) in [5.74, 6) is -0.796. The SMILES string of the molecule is OCCN(C1=NN(F)NC(F)=C1)c1ccccc1. The summed E-state index contributed by atoms with van der Waals surface area (Å²) in [6.07, 6.45) is 1.05. The van der Waals surface area contributed by atoms with E-state index in [9.17, 15) is 8.87 Å². The highest BCUT2D eigenvalue weighted by Crippen LogP contribution is 2.17. The molecule has 7 heteroatoms. The number of para-hydroxylation sites is 1. The maximum Gasteiger partial charge on any atom is 0.212 e. The molecule has 0 unspecified atom stereocenters. The Morgan fingerprint density at radius 1 is 1.33 bits per heavy atom. The van der Waals surface area contributed by atoms with E-state index in [2.05, 4.69) is 5.10 Å². The summed E-state index contributed by atoms with van der Waals surface area (Å²) in [5, 5.41) is 12.3. The molecule has 1 aliphatic heterocycles. The third-order valence-electron chi connectivity index (χ3n) is 2.31. The fourth-order valence-electron chi connectivity index (χ4n) is 1.59. The van der Waals surface area contributed by atoms with Gasteiger partial charge in [-0.2, -0.15) is 4.39 Å². The van der Waals surface area contributed by atoms with Crippen molar-refractivity contribution >= 4 is 11.5 Å². The van der Waals surface area contributed by atoms with Crippen molar-refractivity contribution in [2.75, 3.05) is 18.1 Å². The molecule has 18 heavy (non-hydrogen) atoms. The van der Waals surface area contributed by atoms with Gasteiger partial charge in [-0.15, -0.1) is 5.10 Å². The van der Waals surface area contributed by atoms with Crippen molar-refractivity contribution in [2.24, 2.45) is 5.10 Å². The highest BCUT2D eigenvalue weighted by atomic mass is 19.2. The number of aliphatic hydroxyl groups is 1. The van der Waals surface area contributed by atoms with Crippen LogP contribution in [0.1, 0.15) is 0 Å². The van der Waals surface area contributed by atoms with E-state index in [0.717, 1.165) is 6.08 Å². The topological polar surface area (TPSA) is 51.1 Å². The Labute approximate surface area is 103 Å². The molecule has 2 rings (SSSR count). The number of rotatable bonds is 3. The number of nitrogens with one attached hydrogen (secondary N) is 1. The molecule has 0 spiro atoms. The van der Waals surface area contributed by atoms with Gasteiger partial charge < -0.3 is 10.0 Å². The van der Waals surface area contributed by atoms with Crippen LogP contribution in [0.4, 0.5) is 14.6 Å². The van der Waals surface area contributed by atoms with Crippen LogP contribution in [0.3, 0.4) is 0 Å². The quantitative estimate of drug-likeness (QED) is 0.631. The Morgan fingerprint density at radius 3 is 2.67 bits per heavy atom. The van der Waals surface area contributed by atoms with Crippen LogP contribution in [-0.4, -0.2) is 29.4 Å². The van der Waals surface area contributed by atoms with Crippen LogP contribution in [0.2, 0.25) is 0 Å². The van der Waals surface area contributed by atoms with Crippen molar-refractivity contribution < 1.29 is 14.0 Å². The lowest BCUT2D eigenvalue weighted by Gasteiger charge is -2.26. The summed E-state index contributed by atoms with van der Waals surface area (Å²) in [5.41, 5.74) is 2.43. The first-order valence-electron chi connectivity index (χ1n) is 5.32. The first-order chi connectivity index (χ1) is 8.70. The Balaban J connectivity index is 2.31. The predicted octanol–water partition coefficient (Wildman–Crippen LogP) is 1.31. The smallest absolute Gasteiger partial charge is 0.212 e. The Hall–Kier alpha value is -2.15. The van der Waals surface area contributed by atoms with E-state index in [-0.39, 0.29) is 24.3 Å². The Morgan fingerprint density at radius 2 is 2.06 bits per heavy atom. The molecule has 0 aromatic heterocycles. The van der Waals surface area contributed by atoms with Gasteiger partial charge in [-0.3, -0.25) is 0 Å². The van der Waals surface area contributed by atoms with E-state index in [0.29, 0.717) is 5.69 Å². The fraction of sp³-hybridized carbons (Fsp3) is 0.182. The van der Waals surface area contributed by atoms with Crippen LogP contribution in [0.5, 0.6) is 0 Å². The van der Waals surface area contributed by atoms with Crippen LogP contribution < -0.4 is 10.3 Å². The van der Waals surface area contributed by atoms with Gasteiger partial charge in [-0.05, 0) is 17.5 Å². The number of benzene rings is 1. The molecule has 1 aliphatic rings. The maximum absolute atomic E-state index is 13.1. The van der Waals surface area contributed by atoms with Gasteiger partial charge in [0.1, 0.15) is 0 Å². The van der Waals surface area contributed by atoms with Crippen molar-refractivity contribution in [3.05, 3.63) is 42.4 Å². The largest absolute Gasteiger partial charge is 0.395 e. The van der Waals surface area contributed by atoms with Gasteiger partial charge in [-0.25, -0.2) is 5.43 Å². The molecule has 0 bridgehead atoms. The Kier molecular flexibility index (Phi) is 3.73. The summed E-state index contributed by atoms with van der Waals surface area (Å²) in [4.78, 5) is 1.51. The van der Waals surface area contributed by atoms with E-state index >= 15 is 0 Å². The summed E-state index contributed by atoms with van der Waals surface area (Å²) in [6.45, 7) is 0.0174. The fourth-order valence-corrected chi connectivity index (χ4v) is 1.59. The average Bonchev–Trinajstić information content (AvgIpc) is 2.36. The molecule has 1 heterocycles. The summed E-state index contributed by atoms with van der Waals surface area (Å²) in [6, 6.07) is 8.91. The molecule has 0 radical (unpaired) electrons.